The Morgan fingerprint density at radius 3 is 2.75 bits per heavy atom. The van der Waals surface area contributed by atoms with Gasteiger partial charge in [0.2, 0.25) is 5.95 Å². The summed E-state index contributed by atoms with van der Waals surface area (Å²) in [5.74, 6) is 1.60. The minimum Gasteiger partial charge on any atom is -0.381 e. The van der Waals surface area contributed by atoms with Crippen LogP contribution in [0.15, 0.2) is 6.07 Å². The molecular weight excluding hydrogens is 252 g/mol. The second-order valence-electron chi connectivity index (χ2n) is 6.12. The van der Waals surface area contributed by atoms with Crippen molar-refractivity contribution in [1.29, 1.82) is 0 Å². The van der Waals surface area contributed by atoms with Crippen molar-refractivity contribution in [2.45, 2.75) is 52.7 Å². The SMILES string of the molecule is CCCNc1nc(C)cc(NC2CC(OC)C2(C)C)n1. The fourth-order valence-corrected chi connectivity index (χ4v) is 2.67. The number of methoxy groups -OCH3 is 1. The van der Waals surface area contributed by atoms with Crippen LogP contribution in [0.1, 0.15) is 39.3 Å². The van der Waals surface area contributed by atoms with Crippen LogP contribution in [0.2, 0.25) is 0 Å². The zero-order valence-corrected chi connectivity index (χ0v) is 13.2. The number of hydrogen-bond donors (Lipinski definition) is 2. The standard InChI is InChI=1S/C15H26N4O/c1-6-7-16-14-17-10(2)8-13(19-14)18-11-9-12(20-5)15(11,3)4/h8,11-12H,6-7,9H2,1-5H3,(H2,16,17,18,19). The lowest BCUT2D eigenvalue weighted by Gasteiger charge is -2.51. The zero-order valence-electron chi connectivity index (χ0n) is 13.2. The van der Waals surface area contributed by atoms with Crippen molar-refractivity contribution in [2.24, 2.45) is 5.41 Å². The molecule has 0 radical (unpaired) electrons. The molecule has 20 heavy (non-hydrogen) atoms. The second-order valence-corrected chi connectivity index (χ2v) is 6.12. The van der Waals surface area contributed by atoms with Gasteiger partial charge in [0.25, 0.3) is 0 Å². The van der Waals surface area contributed by atoms with E-state index in [4.69, 9.17) is 4.74 Å². The fourth-order valence-electron chi connectivity index (χ4n) is 2.67. The molecule has 2 atom stereocenters. The van der Waals surface area contributed by atoms with E-state index < -0.39 is 0 Å². The van der Waals surface area contributed by atoms with Gasteiger partial charge in [0.05, 0.1) is 6.10 Å². The molecule has 1 aromatic heterocycles. The Balaban J connectivity index is 2.05. The summed E-state index contributed by atoms with van der Waals surface area (Å²) < 4.78 is 5.48. The average molecular weight is 278 g/mol. The minimum absolute atomic E-state index is 0.130. The van der Waals surface area contributed by atoms with Crippen molar-refractivity contribution >= 4 is 11.8 Å². The van der Waals surface area contributed by atoms with E-state index in [1.54, 1.807) is 7.11 Å². The first-order valence-electron chi connectivity index (χ1n) is 7.36. The normalized spacial score (nSPS) is 24.1. The molecule has 1 heterocycles. The molecule has 0 saturated heterocycles. The van der Waals surface area contributed by atoms with Crippen LogP contribution in [0.5, 0.6) is 0 Å². The van der Waals surface area contributed by atoms with Gasteiger partial charge in [-0.2, -0.15) is 4.98 Å². The third-order valence-corrected chi connectivity index (χ3v) is 4.17. The highest BCUT2D eigenvalue weighted by Crippen LogP contribution is 2.43. The molecule has 1 fully saturated rings. The Bertz CT molecular complexity index is 461. The van der Waals surface area contributed by atoms with Crippen molar-refractivity contribution in [2.75, 3.05) is 24.3 Å². The first-order chi connectivity index (χ1) is 9.47. The van der Waals surface area contributed by atoms with Gasteiger partial charge in [-0.1, -0.05) is 20.8 Å². The molecule has 5 heteroatoms. The van der Waals surface area contributed by atoms with Gasteiger partial charge >= 0.3 is 0 Å². The third-order valence-electron chi connectivity index (χ3n) is 4.17. The van der Waals surface area contributed by atoms with Crippen LogP contribution in [0.4, 0.5) is 11.8 Å². The molecule has 1 aromatic rings. The second kappa shape index (κ2) is 5.95. The molecule has 2 rings (SSSR count). The van der Waals surface area contributed by atoms with Gasteiger partial charge in [-0.25, -0.2) is 4.98 Å². The maximum atomic E-state index is 5.48. The lowest BCUT2D eigenvalue weighted by molar-refractivity contribution is -0.0795. The van der Waals surface area contributed by atoms with Crippen LogP contribution < -0.4 is 10.6 Å². The van der Waals surface area contributed by atoms with Crippen molar-refractivity contribution in [3.05, 3.63) is 11.8 Å². The Labute approximate surface area is 121 Å². The number of aryl methyl sites for hydroxylation is 1. The largest absolute Gasteiger partial charge is 0.381 e. The lowest BCUT2D eigenvalue weighted by Crippen LogP contribution is -2.57. The summed E-state index contributed by atoms with van der Waals surface area (Å²) in [5, 5.41) is 6.76. The minimum atomic E-state index is 0.130. The van der Waals surface area contributed by atoms with E-state index in [1.165, 1.54) is 0 Å². The average Bonchev–Trinajstić information content (AvgIpc) is 2.40. The van der Waals surface area contributed by atoms with Crippen molar-refractivity contribution in [3.8, 4) is 0 Å². The van der Waals surface area contributed by atoms with Crippen LogP contribution in [-0.2, 0) is 4.74 Å². The molecule has 112 valence electrons. The lowest BCUT2D eigenvalue weighted by atomic mass is 9.64. The van der Waals surface area contributed by atoms with Crippen molar-refractivity contribution < 1.29 is 4.74 Å². The van der Waals surface area contributed by atoms with Gasteiger partial charge in [-0.3, -0.25) is 0 Å². The number of aromatic nitrogens is 2. The fraction of sp³-hybridized carbons (Fsp3) is 0.733. The van der Waals surface area contributed by atoms with E-state index in [-0.39, 0.29) is 5.41 Å². The highest BCUT2D eigenvalue weighted by atomic mass is 16.5. The molecule has 2 unspecified atom stereocenters. The van der Waals surface area contributed by atoms with E-state index in [0.717, 1.165) is 30.9 Å². The van der Waals surface area contributed by atoms with E-state index in [9.17, 15) is 0 Å². The number of nitrogens with one attached hydrogen (secondary N) is 2. The van der Waals surface area contributed by atoms with E-state index in [0.29, 0.717) is 18.1 Å². The molecule has 2 N–H and O–H groups in total. The zero-order chi connectivity index (χ0) is 14.8. The highest BCUT2D eigenvalue weighted by molar-refractivity contribution is 5.44. The highest BCUT2D eigenvalue weighted by Gasteiger charge is 2.48. The van der Waals surface area contributed by atoms with Gasteiger partial charge in [0.15, 0.2) is 0 Å². The summed E-state index contributed by atoms with van der Waals surface area (Å²) in [5.41, 5.74) is 1.10. The number of ether oxygens (including phenoxy) is 1. The van der Waals surface area contributed by atoms with Gasteiger partial charge in [0, 0.05) is 36.9 Å². The van der Waals surface area contributed by atoms with Crippen LogP contribution in [0, 0.1) is 12.3 Å². The predicted molar refractivity (Wildman–Crippen MR) is 82.2 cm³/mol. The maximum absolute atomic E-state index is 5.48. The van der Waals surface area contributed by atoms with E-state index in [1.807, 2.05) is 13.0 Å². The molecule has 0 spiro atoms. The Morgan fingerprint density at radius 1 is 1.40 bits per heavy atom. The third kappa shape index (κ3) is 3.03. The smallest absolute Gasteiger partial charge is 0.224 e. The molecular formula is C15H26N4O. The van der Waals surface area contributed by atoms with E-state index in [2.05, 4.69) is 41.4 Å². The van der Waals surface area contributed by atoms with Gasteiger partial charge in [-0.05, 0) is 19.8 Å². The number of nitrogens with zero attached hydrogens (tertiary/aromatic N) is 2. The van der Waals surface area contributed by atoms with Crippen molar-refractivity contribution in [1.82, 2.24) is 9.97 Å². The quantitative estimate of drug-likeness (QED) is 0.838. The monoisotopic (exact) mass is 278 g/mol. The Hall–Kier alpha value is -1.36. The van der Waals surface area contributed by atoms with Gasteiger partial charge in [-0.15, -0.1) is 0 Å². The molecule has 5 nitrogen and oxygen atoms in total. The van der Waals surface area contributed by atoms with Crippen molar-refractivity contribution in [3.63, 3.8) is 0 Å². The number of hydrogen-bond acceptors (Lipinski definition) is 5. The summed E-state index contributed by atoms with van der Waals surface area (Å²) in [4.78, 5) is 8.94. The van der Waals surface area contributed by atoms with Crippen LogP contribution in [-0.4, -0.2) is 35.8 Å². The summed E-state index contributed by atoms with van der Waals surface area (Å²) in [6.07, 6.45) is 2.40. The van der Waals surface area contributed by atoms with E-state index >= 15 is 0 Å². The maximum Gasteiger partial charge on any atom is 0.224 e. The first-order valence-corrected chi connectivity index (χ1v) is 7.36. The summed E-state index contributed by atoms with van der Waals surface area (Å²) >= 11 is 0. The Morgan fingerprint density at radius 2 is 2.15 bits per heavy atom. The predicted octanol–water partition coefficient (Wildman–Crippen LogP) is 2.83. The molecule has 0 amide bonds. The number of anilines is 2. The van der Waals surface area contributed by atoms with Gasteiger partial charge in [0.1, 0.15) is 5.82 Å². The van der Waals surface area contributed by atoms with Crippen LogP contribution >= 0.6 is 0 Å². The molecule has 1 saturated carbocycles. The Kier molecular flexibility index (Phi) is 4.48. The molecule has 0 aliphatic heterocycles. The topological polar surface area (TPSA) is 59.1 Å². The van der Waals surface area contributed by atoms with Gasteiger partial charge < -0.3 is 15.4 Å². The van der Waals surface area contributed by atoms with Crippen LogP contribution in [0.25, 0.3) is 0 Å². The molecule has 0 bridgehead atoms. The summed E-state index contributed by atoms with van der Waals surface area (Å²) in [6.45, 7) is 9.47. The molecule has 1 aliphatic rings. The summed E-state index contributed by atoms with van der Waals surface area (Å²) in [7, 11) is 1.78. The molecule has 1 aliphatic carbocycles. The molecule has 0 aromatic carbocycles. The first kappa shape index (κ1) is 15.0. The summed E-state index contributed by atoms with van der Waals surface area (Å²) in [6, 6.07) is 2.38. The van der Waals surface area contributed by atoms with Crippen LogP contribution in [0.3, 0.4) is 0 Å². The number of rotatable bonds is 6.